The molecule has 0 aromatic heterocycles. The lowest BCUT2D eigenvalue weighted by atomic mass is 9.98. The van der Waals surface area contributed by atoms with Gasteiger partial charge < -0.3 is 5.32 Å². The van der Waals surface area contributed by atoms with Gasteiger partial charge in [-0.3, -0.25) is 10.1 Å². The zero-order valence-corrected chi connectivity index (χ0v) is 11.5. The molecule has 0 atom stereocenters. The molecule has 1 N–H and O–H groups in total. The van der Waals surface area contributed by atoms with Gasteiger partial charge in [-0.1, -0.05) is 13.3 Å². The first-order valence-corrected chi connectivity index (χ1v) is 6.20. The van der Waals surface area contributed by atoms with E-state index in [0.29, 0.717) is 6.07 Å². The third kappa shape index (κ3) is 4.11. The molecule has 0 bridgehead atoms. The number of halogens is 3. The minimum Gasteiger partial charge on any atom is -0.375 e. The molecule has 1 aromatic rings. The Bertz CT molecular complexity index is 499. The molecule has 0 saturated carbocycles. The zero-order chi connectivity index (χ0) is 15.6. The van der Waals surface area contributed by atoms with Crippen LogP contribution in [0, 0.1) is 10.1 Å². The first-order chi connectivity index (χ1) is 9.07. The molecule has 1 aromatic carbocycles. The summed E-state index contributed by atoms with van der Waals surface area (Å²) in [5, 5.41) is 13.9. The van der Waals surface area contributed by atoms with E-state index in [1.165, 1.54) is 0 Å². The smallest absolute Gasteiger partial charge is 0.375 e. The van der Waals surface area contributed by atoms with Crippen LogP contribution in [0.5, 0.6) is 0 Å². The summed E-state index contributed by atoms with van der Waals surface area (Å²) in [6.45, 7) is 5.65. The Morgan fingerprint density at radius 1 is 1.30 bits per heavy atom. The van der Waals surface area contributed by atoms with Gasteiger partial charge in [-0.05, 0) is 32.4 Å². The van der Waals surface area contributed by atoms with Crippen LogP contribution < -0.4 is 5.32 Å². The van der Waals surface area contributed by atoms with Crippen LogP contribution in [0.15, 0.2) is 18.2 Å². The number of anilines is 1. The molecule has 0 aliphatic rings. The number of hydrogen-bond acceptors (Lipinski definition) is 3. The van der Waals surface area contributed by atoms with Crippen molar-refractivity contribution < 1.29 is 18.1 Å². The van der Waals surface area contributed by atoms with Crippen LogP contribution in [0.2, 0.25) is 0 Å². The summed E-state index contributed by atoms with van der Waals surface area (Å²) in [5.41, 5.74) is -1.92. The van der Waals surface area contributed by atoms with Crippen molar-refractivity contribution in [2.45, 2.75) is 45.3 Å². The summed E-state index contributed by atoms with van der Waals surface area (Å²) in [7, 11) is 0. The molecule has 0 aliphatic carbocycles. The molecule has 7 heteroatoms. The fraction of sp³-hybridized carbons (Fsp3) is 0.538. The number of benzene rings is 1. The molecule has 0 amide bonds. The molecule has 0 spiro atoms. The normalized spacial score (nSPS) is 12.3. The number of nitrogens with one attached hydrogen (secondary N) is 1. The standard InChI is InChI=1S/C13H17F3N2O2/c1-4-7-12(2,3)17-10-6-5-9(13(14,15)16)8-11(10)18(19)20/h5-6,8,17H,4,7H2,1-3H3. The molecule has 0 aliphatic heterocycles. The fourth-order valence-corrected chi connectivity index (χ4v) is 2.02. The van der Waals surface area contributed by atoms with Gasteiger partial charge in [0.25, 0.3) is 5.69 Å². The lowest BCUT2D eigenvalue weighted by Crippen LogP contribution is -2.30. The monoisotopic (exact) mass is 290 g/mol. The Morgan fingerprint density at radius 3 is 2.35 bits per heavy atom. The maximum atomic E-state index is 12.6. The van der Waals surface area contributed by atoms with Gasteiger partial charge in [0.05, 0.1) is 10.5 Å². The van der Waals surface area contributed by atoms with Crippen molar-refractivity contribution in [2.24, 2.45) is 0 Å². The number of nitro benzene ring substituents is 1. The minimum absolute atomic E-state index is 0.0986. The second kappa shape index (κ2) is 5.68. The van der Waals surface area contributed by atoms with Crippen LogP contribution in [-0.4, -0.2) is 10.5 Å². The second-order valence-corrected chi connectivity index (χ2v) is 5.25. The summed E-state index contributed by atoms with van der Waals surface area (Å²) in [5.74, 6) is 0. The third-order valence-electron chi connectivity index (χ3n) is 2.87. The van der Waals surface area contributed by atoms with E-state index in [-0.39, 0.29) is 5.69 Å². The van der Waals surface area contributed by atoms with Crippen LogP contribution in [0.4, 0.5) is 24.5 Å². The van der Waals surface area contributed by atoms with Gasteiger partial charge in [0.2, 0.25) is 0 Å². The van der Waals surface area contributed by atoms with Crippen molar-refractivity contribution in [1.29, 1.82) is 0 Å². The summed E-state index contributed by atoms with van der Waals surface area (Å²) in [6, 6.07) is 2.51. The number of nitrogens with zero attached hydrogens (tertiary/aromatic N) is 1. The molecule has 20 heavy (non-hydrogen) atoms. The molecular formula is C13H17F3N2O2. The SMILES string of the molecule is CCCC(C)(C)Nc1ccc(C(F)(F)F)cc1[N+](=O)[O-]. The maximum absolute atomic E-state index is 12.6. The van der Waals surface area contributed by atoms with Crippen LogP contribution in [-0.2, 0) is 6.18 Å². The van der Waals surface area contributed by atoms with Crippen molar-refractivity contribution in [3.8, 4) is 0 Å². The van der Waals surface area contributed by atoms with Gasteiger partial charge in [0.15, 0.2) is 0 Å². The fourth-order valence-electron chi connectivity index (χ4n) is 2.02. The highest BCUT2D eigenvalue weighted by atomic mass is 19.4. The van der Waals surface area contributed by atoms with E-state index >= 15 is 0 Å². The minimum atomic E-state index is -4.60. The molecule has 0 unspecified atom stereocenters. The van der Waals surface area contributed by atoms with Crippen molar-refractivity contribution >= 4 is 11.4 Å². The quantitative estimate of drug-likeness (QED) is 0.636. The topological polar surface area (TPSA) is 55.2 Å². The van der Waals surface area contributed by atoms with Crippen LogP contribution in [0.3, 0.4) is 0 Å². The number of alkyl halides is 3. The highest BCUT2D eigenvalue weighted by molar-refractivity contribution is 5.64. The Balaban J connectivity index is 3.18. The predicted molar refractivity (Wildman–Crippen MR) is 70.7 cm³/mol. The summed E-state index contributed by atoms with van der Waals surface area (Å²) in [6.07, 6.45) is -3.00. The van der Waals surface area contributed by atoms with Crippen molar-refractivity contribution in [3.05, 3.63) is 33.9 Å². The molecule has 4 nitrogen and oxygen atoms in total. The Hall–Kier alpha value is -1.79. The van der Waals surface area contributed by atoms with E-state index in [1.807, 2.05) is 20.8 Å². The molecule has 112 valence electrons. The highest BCUT2D eigenvalue weighted by Gasteiger charge is 2.33. The number of nitro groups is 1. The van der Waals surface area contributed by atoms with Gasteiger partial charge in [-0.2, -0.15) is 13.2 Å². The average Bonchev–Trinajstić information content (AvgIpc) is 2.26. The summed E-state index contributed by atoms with van der Waals surface area (Å²) in [4.78, 5) is 10.1. The molecular weight excluding hydrogens is 273 g/mol. The van der Waals surface area contributed by atoms with Gasteiger partial charge in [-0.25, -0.2) is 0 Å². The van der Waals surface area contributed by atoms with Gasteiger partial charge >= 0.3 is 6.18 Å². The first kappa shape index (κ1) is 16.3. The zero-order valence-electron chi connectivity index (χ0n) is 11.5. The highest BCUT2D eigenvalue weighted by Crippen LogP contribution is 2.36. The van der Waals surface area contributed by atoms with Gasteiger partial charge in [0, 0.05) is 11.6 Å². The molecule has 0 radical (unpaired) electrons. The Kier molecular flexibility index (Phi) is 4.62. The van der Waals surface area contributed by atoms with Crippen molar-refractivity contribution in [1.82, 2.24) is 0 Å². The molecule has 1 rings (SSSR count). The van der Waals surface area contributed by atoms with E-state index in [4.69, 9.17) is 0 Å². The molecule has 0 fully saturated rings. The Morgan fingerprint density at radius 2 is 1.90 bits per heavy atom. The van der Waals surface area contributed by atoms with Crippen LogP contribution >= 0.6 is 0 Å². The largest absolute Gasteiger partial charge is 0.416 e. The number of rotatable bonds is 5. The van der Waals surface area contributed by atoms with Crippen LogP contribution in [0.25, 0.3) is 0 Å². The van der Waals surface area contributed by atoms with Crippen molar-refractivity contribution in [3.63, 3.8) is 0 Å². The van der Waals surface area contributed by atoms with Crippen LogP contribution in [0.1, 0.15) is 39.2 Å². The predicted octanol–water partition coefficient (Wildman–Crippen LogP) is 4.60. The molecule has 0 heterocycles. The first-order valence-electron chi connectivity index (χ1n) is 6.20. The summed E-state index contributed by atoms with van der Waals surface area (Å²) < 4.78 is 37.7. The van der Waals surface area contributed by atoms with Crippen molar-refractivity contribution in [2.75, 3.05) is 5.32 Å². The van der Waals surface area contributed by atoms with E-state index in [1.54, 1.807) is 0 Å². The van der Waals surface area contributed by atoms with Gasteiger partial charge in [-0.15, -0.1) is 0 Å². The average molecular weight is 290 g/mol. The van der Waals surface area contributed by atoms with E-state index in [9.17, 15) is 23.3 Å². The lowest BCUT2D eigenvalue weighted by molar-refractivity contribution is -0.384. The Labute approximate surface area is 115 Å². The van der Waals surface area contributed by atoms with E-state index in [2.05, 4.69) is 5.32 Å². The van der Waals surface area contributed by atoms with Gasteiger partial charge in [0.1, 0.15) is 5.69 Å². The maximum Gasteiger partial charge on any atom is 0.416 e. The second-order valence-electron chi connectivity index (χ2n) is 5.25. The molecule has 0 saturated heterocycles. The summed E-state index contributed by atoms with van der Waals surface area (Å²) >= 11 is 0. The van der Waals surface area contributed by atoms with E-state index < -0.39 is 27.9 Å². The lowest BCUT2D eigenvalue weighted by Gasteiger charge is -2.27. The van der Waals surface area contributed by atoms with E-state index in [0.717, 1.165) is 25.0 Å². The number of hydrogen-bond donors (Lipinski definition) is 1. The third-order valence-corrected chi connectivity index (χ3v) is 2.87.